The fourth-order valence-corrected chi connectivity index (χ4v) is 3.91. The number of hydrogen-bond acceptors (Lipinski definition) is 5. The number of aliphatic hydroxyl groups is 1. The highest BCUT2D eigenvalue weighted by atomic mass is 32.1. The number of benzene rings is 1. The number of halogens is 3. The van der Waals surface area contributed by atoms with Gasteiger partial charge in [0, 0.05) is 18.1 Å². The number of alkyl halides is 3. The minimum atomic E-state index is -4.50. The van der Waals surface area contributed by atoms with Crippen LogP contribution in [-0.2, 0) is 23.9 Å². The number of nitrogens with zero attached hydrogens (tertiary/aromatic N) is 2. The summed E-state index contributed by atoms with van der Waals surface area (Å²) in [5.41, 5.74) is 0.399. The fraction of sp³-hybridized carbons (Fsp3) is 0.318. The lowest BCUT2D eigenvalue weighted by molar-refractivity contribution is -0.138. The van der Waals surface area contributed by atoms with E-state index in [2.05, 4.69) is 10.3 Å². The molecule has 1 unspecified atom stereocenters. The van der Waals surface area contributed by atoms with Crippen molar-refractivity contribution in [1.82, 2.24) is 9.55 Å². The molecule has 1 aromatic carbocycles. The molecule has 3 N–H and O–H groups in total. The van der Waals surface area contributed by atoms with Crippen LogP contribution in [0.2, 0.25) is 0 Å². The average molecular weight is 481 g/mol. The van der Waals surface area contributed by atoms with E-state index in [1.165, 1.54) is 34.3 Å². The first-order chi connectivity index (χ1) is 15.4. The summed E-state index contributed by atoms with van der Waals surface area (Å²) in [6.07, 6.45) is -4.12. The van der Waals surface area contributed by atoms with Gasteiger partial charge in [-0.2, -0.15) is 13.2 Å². The summed E-state index contributed by atoms with van der Waals surface area (Å²) in [4.78, 5) is 27.8. The highest BCUT2D eigenvalue weighted by Crippen LogP contribution is 2.30. The molecule has 11 heteroatoms. The third-order valence-electron chi connectivity index (χ3n) is 4.84. The van der Waals surface area contributed by atoms with Gasteiger partial charge in [0.25, 0.3) is 5.91 Å². The zero-order valence-electron chi connectivity index (χ0n) is 17.8. The molecule has 0 fully saturated rings. The minimum absolute atomic E-state index is 0.0282. The van der Waals surface area contributed by atoms with Gasteiger partial charge in [-0.05, 0) is 35.2 Å². The third-order valence-corrected chi connectivity index (χ3v) is 5.64. The zero-order valence-corrected chi connectivity index (χ0v) is 18.6. The van der Waals surface area contributed by atoms with E-state index < -0.39 is 29.7 Å². The standard InChI is InChI=1S/C22H22F3N3O4S/c1-12(2)19(31)14-7-17(20(32)27-21-26-16(11-33-21)8-18(29)30)28(10-14)9-13-4-3-5-15(6-13)22(23,24)25/h3-7,10-12,19,31H,8-9H2,1-2H3,(H,29,30)(H,26,27,32). The van der Waals surface area contributed by atoms with Crippen LogP contribution < -0.4 is 5.32 Å². The van der Waals surface area contributed by atoms with Crippen LogP contribution in [0.4, 0.5) is 18.3 Å². The Kier molecular flexibility index (Phi) is 7.23. The van der Waals surface area contributed by atoms with Crippen LogP contribution in [0.25, 0.3) is 0 Å². The summed E-state index contributed by atoms with van der Waals surface area (Å²) in [7, 11) is 0. The molecule has 0 saturated heterocycles. The number of aliphatic carboxylic acids is 1. The van der Waals surface area contributed by atoms with Gasteiger partial charge in [-0.15, -0.1) is 11.3 Å². The number of carbonyl (C=O) groups excluding carboxylic acids is 1. The second-order valence-electron chi connectivity index (χ2n) is 7.84. The van der Waals surface area contributed by atoms with E-state index in [1.54, 1.807) is 13.8 Å². The van der Waals surface area contributed by atoms with E-state index in [0.29, 0.717) is 11.1 Å². The predicted molar refractivity (Wildman–Crippen MR) is 116 cm³/mol. The maximum absolute atomic E-state index is 13.1. The predicted octanol–water partition coefficient (Wildman–Crippen LogP) is 4.58. The Balaban J connectivity index is 1.90. The van der Waals surface area contributed by atoms with Crippen molar-refractivity contribution in [2.45, 2.75) is 39.1 Å². The van der Waals surface area contributed by atoms with E-state index in [0.717, 1.165) is 23.5 Å². The molecular weight excluding hydrogens is 459 g/mol. The van der Waals surface area contributed by atoms with E-state index in [9.17, 15) is 27.9 Å². The Morgan fingerprint density at radius 1 is 1.24 bits per heavy atom. The zero-order chi connectivity index (χ0) is 24.3. The van der Waals surface area contributed by atoms with Crippen LogP contribution >= 0.6 is 11.3 Å². The molecule has 33 heavy (non-hydrogen) atoms. The Morgan fingerprint density at radius 3 is 2.61 bits per heavy atom. The summed E-state index contributed by atoms with van der Waals surface area (Å²) in [5, 5.41) is 23.6. The van der Waals surface area contributed by atoms with Crippen molar-refractivity contribution in [3.8, 4) is 0 Å². The van der Waals surface area contributed by atoms with E-state index in [4.69, 9.17) is 5.11 Å². The second kappa shape index (κ2) is 9.75. The van der Waals surface area contributed by atoms with Gasteiger partial charge in [-0.25, -0.2) is 4.98 Å². The first-order valence-electron chi connectivity index (χ1n) is 9.96. The monoisotopic (exact) mass is 481 g/mol. The van der Waals surface area contributed by atoms with Gasteiger partial charge in [0.05, 0.1) is 23.8 Å². The molecular formula is C22H22F3N3O4S. The number of carbonyl (C=O) groups is 2. The van der Waals surface area contributed by atoms with Crippen molar-refractivity contribution in [1.29, 1.82) is 0 Å². The summed E-state index contributed by atoms with van der Waals surface area (Å²) >= 11 is 1.06. The van der Waals surface area contributed by atoms with Crippen molar-refractivity contribution in [2.24, 2.45) is 5.92 Å². The largest absolute Gasteiger partial charge is 0.481 e. The summed E-state index contributed by atoms with van der Waals surface area (Å²) in [6.45, 7) is 3.57. The molecule has 0 aliphatic rings. The highest BCUT2D eigenvalue weighted by Gasteiger charge is 2.30. The van der Waals surface area contributed by atoms with Crippen LogP contribution in [0.1, 0.15) is 52.8 Å². The van der Waals surface area contributed by atoms with Crippen LogP contribution in [0.15, 0.2) is 41.9 Å². The molecule has 176 valence electrons. The normalized spacial score (nSPS) is 12.7. The van der Waals surface area contributed by atoms with Crippen molar-refractivity contribution in [3.63, 3.8) is 0 Å². The van der Waals surface area contributed by atoms with E-state index in [1.807, 2.05) is 0 Å². The van der Waals surface area contributed by atoms with Crippen LogP contribution in [0.3, 0.4) is 0 Å². The first-order valence-corrected chi connectivity index (χ1v) is 10.8. The number of aromatic nitrogens is 2. The van der Waals surface area contributed by atoms with Crippen LogP contribution in [0.5, 0.6) is 0 Å². The number of thiazole rings is 1. The Hall–Kier alpha value is -3.18. The number of aliphatic hydroxyl groups excluding tert-OH is 1. The SMILES string of the molecule is CC(C)C(O)c1cc(C(=O)Nc2nc(CC(=O)O)cs2)n(Cc2cccc(C(F)(F)F)c2)c1. The quantitative estimate of drug-likeness (QED) is 0.437. The van der Waals surface area contributed by atoms with Gasteiger partial charge in [-0.1, -0.05) is 26.0 Å². The molecule has 0 bridgehead atoms. The second-order valence-corrected chi connectivity index (χ2v) is 8.70. The van der Waals surface area contributed by atoms with Crippen molar-refractivity contribution in [3.05, 3.63) is 70.0 Å². The fourth-order valence-electron chi connectivity index (χ4n) is 3.21. The molecule has 0 saturated carbocycles. The molecule has 0 aliphatic heterocycles. The molecule has 0 radical (unpaired) electrons. The Labute approximate surface area is 191 Å². The molecule has 7 nitrogen and oxygen atoms in total. The Bertz CT molecular complexity index is 1150. The lowest BCUT2D eigenvalue weighted by Gasteiger charge is -2.13. The van der Waals surface area contributed by atoms with Gasteiger partial charge in [0.1, 0.15) is 5.69 Å². The summed E-state index contributed by atoms with van der Waals surface area (Å²) in [6, 6.07) is 6.29. The van der Waals surface area contributed by atoms with Gasteiger partial charge in [0.2, 0.25) is 0 Å². The summed E-state index contributed by atoms with van der Waals surface area (Å²) in [5.74, 6) is -1.79. The smallest absolute Gasteiger partial charge is 0.416 e. The number of nitrogens with one attached hydrogen (secondary N) is 1. The molecule has 1 atom stereocenters. The minimum Gasteiger partial charge on any atom is -0.481 e. The number of carboxylic acids is 1. The number of amides is 1. The lowest BCUT2D eigenvalue weighted by Crippen LogP contribution is -2.17. The van der Waals surface area contributed by atoms with Crippen molar-refractivity contribution < 1.29 is 33.0 Å². The van der Waals surface area contributed by atoms with Crippen molar-refractivity contribution >= 4 is 28.3 Å². The number of anilines is 1. The highest BCUT2D eigenvalue weighted by molar-refractivity contribution is 7.14. The number of carboxylic acid groups (broad SMARTS) is 1. The average Bonchev–Trinajstić information content (AvgIpc) is 3.33. The third kappa shape index (κ3) is 6.20. The molecule has 2 aromatic heterocycles. The molecule has 3 rings (SSSR count). The van der Waals surface area contributed by atoms with Crippen LogP contribution in [-0.4, -0.2) is 31.6 Å². The van der Waals surface area contributed by atoms with Gasteiger partial charge < -0.3 is 14.8 Å². The number of hydrogen-bond donors (Lipinski definition) is 3. The molecule has 2 heterocycles. The topological polar surface area (TPSA) is 104 Å². The van der Waals surface area contributed by atoms with Crippen LogP contribution in [0, 0.1) is 5.92 Å². The maximum atomic E-state index is 13.1. The molecule has 3 aromatic rings. The number of rotatable bonds is 8. The Morgan fingerprint density at radius 2 is 1.97 bits per heavy atom. The first kappa shape index (κ1) is 24.5. The van der Waals surface area contributed by atoms with Gasteiger partial charge in [0.15, 0.2) is 5.13 Å². The maximum Gasteiger partial charge on any atom is 0.416 e. The molecule has 0 aliphatic carbocycles. The van der Waals surface area contributed by atoms with Gasteiger partial charge >= 0.3 is 12.1 Å². The van der Waals surface area contributed by atoms with Gasteiger partial charge in [-0.3, -0.25) is 14.9 Å². The lowest BCUT2D eigenvalue weighted by atomic mass is 10.0. The van der Waals surface area contributed by atoms with E-state index >= 15 is 0 Å². The molecule has 1 amide bonds. The van der Waals surface area contributed by atoms with E-state index in [-0.39, 0.29) is 35.4 Å². The summed E-state index contributed by atoms with van der Waals surface area (Å²) < 4.78 is 40.7. The molecule has 0 spiro atoms. The van der Waals surface area contributed by atoms with Crippen molar-refractivity contribution in [2.75, 3.05) is 5.32 Å².